The summed E-state index contributed by atoms with van der Waals surface area (Å²) in [6.07, 6.45) is 5.09. The summed E-state index contributed by atoms with van der Waals surface area (Å²) in [4.78, 5) is 11.2. The van der Waals surface area contributed by atoms with Crippen LogP contribution in [0.25, 0.3) is 0 Å². The number of aryl methyl sites for hydroxylation is 1. The Hall–Kier alpha value is -1.65. The number of imidazole rings is 1. The predicted molar refractivity (Wildman–Crippen MR) is 84.5 cm³/mol. The molecule has 0 saturated carbocycles. The van der Waals surface area contributed by atoms with Crippen molar-refractivity contribution < 1.29 is 0 Å². The normalized spacial score (nSPS) is 14.6. The van der Waals surface area contributed by atoms with E-state index in [0.29, 0.717) is 17.8 Å². The molecule has 0 aliphatic heterocycles. The number of hydrogen-bond acceptors (Lipinski definition) is 3. The van der Waals surface area contributed by atoms with Crippen LogP contribution in [0.5, 0.6) is 0 Å². The van der Waals surface area contributed by atoms with Crippen LogP contribution < -0.4 is 0 Å². The van der Waals surface area contributed by atoms with Crippen LogP contribution in [0.15, 0.2) is 6.20 Å². The maximum Gasteiger partial charge on any atom is 0.133 e. The number of H-pyrrole nitrogens is 2. The van der Waals surface area contributed by atoms with Crippen LogP contribution in [0.1, 0.15) is 88.4 Å². The Balaban J connectivity index is 1.89. The molecule has 2 aromatic heterocycles. The van der Waals surface area contributed by atoms with Crippen LogP contribution in [0.4, 0.5) is 0 Å². The smallest absolute Gasteiger partial charge is 0.133 e. The molecule has 2 N–H and O–H groups in total. The van der Waals surface area contributed by atoms with Crippen molar-refractivity contribution in [2.45, 2.75) is 71.6 Å². The number of nitrogens with zero attached hydrogens (tertiary/aromatic N) is 3. The largest absolute Gasteiger partial charge is 0.345 e. The van der Waals surface area contributed by atoms with Crippen LogP contribution in [0, 0.1) is 0 Å². The molecule has 21 heavy (non-hydrogen) atoms. The molecule has 0 aromatic carbocycles. The van der Waals surface area contributed by atoms with E-state index in [9.17, 15) is 0 Å². The molecule has 2 rings (SSSR count). The molecule has 2 atom stereocenters. The average Bonchev–Trinajstić information content (AvgIpc) is 3.12. The van der Waals surface area contributed by atoms with Crippen molar-refractivity contribution in [2.75, 3.05) is 0 Å². The molecule has 0 aliphatic carbocycles. The Morgan fingerprint density at radius 3 is 2.24 bits per heavy atom. The maximum absolute atomic E-state index is 4.45. The van der Waals surface area contributed by atoms with E-state index < -0.39 is 0 Å². The van der Waals surface area contributed by atoms with Gasteiger partial charge in [0.25, 0.3) is 0 Å². The molecule has 0 radical (unpaired) electrons. The standard InChI is InChI=1S/C16H27N5/c1-6-14-19-16(21-20-14)12(5)8-7-11(4)13-9-17-15(18-13)10(2)3/h9-12H,6-8H2,1-5H3,(H,17,18)(H,19,20,21). The van der Waals surface area contributed by atoms with Crippen LogP contribution in [0.2, 0.25) is 0 Å². The van der Waals surface area contributed by atoms with Crippen molar-refractivity contribution in [1.29, 1.82) is 0 Å². The Kier molecular flexibility index (Phi) is 5.15. The molecule has 0 bridgehead atoms. The van der Waals surface area contributed by atoms with E-state index in [1.54, 1.807) is 0 Å². The van der Waals surface area contributed by atoms with E-state index >= 15 is 0 Å². The second-order valence-corrected chi connectivity index (χ2v) is 6.27. The van der Waals surface area contributed by atoms with Gasteiger partial charge in [0.1, 0.15) is 17.5 Å². The molecule has 0 amide bonds. The number of nitrogens with one attached hydrogen (secondary N) is 2. The highest BCUT2D eigenvalue weighted by atomic mass is 15.2. The fraction of sp³-hybridized carbons (Fsp3) is 0.688. The van der Waals surface area contributed by atoms with Gasteiger partial charge in [-0.15, -0.1) is 10.2 Å². The van der Waals surface area contributed by atoms with E-state index in [1.807, 2.05) is 6.20 Å². The van der Waals surface area contributed by atoms with Gasteiger partial charge in [-0.2, -0.15) is 0 Å². The highest BCUT2D eigenvalue weighted by Gasteiger charge is 2.15. The SMILES string of the molecule is CCc1nnc(C(C)CCC(C)c2cnc(C(C)C)[nH]2)[nH]1. The third-order valence-electron chi connectivity index (χ3n) is 4.08. The van der Waals surface area contributed by atoms with E-state index in [1.165, 1.54) is 5.69 Å². The minimum Gasteiger partial charge on any atom is -0.345 e. The van der Waals surface area contributed by atoms with Crippen molar-refractivity contribution >= 4 is 0 Å². The van der Waals surface area contributed by atoms with E-state index in [4.69, 9.17) is 0 Å². The number of aromatic amines is 2. The van der Waals surface area contributed by atoms with E-state index in [0.717, 1.165) is 36.7 Å². The van der Waals surface area contributed by atoms with E-state index in [2.05, 4.69) is 59.8 Å². The summed E-state index contributed by atoms with van der Waals surface area (Å²) in [5, 5.41) is 8.38. The van der Waals surface area contributed by atoms with Crippen LogP contribution in [-0.2, 0) is 6.42 Å². The highest BCUT2D eigenvalue weighted by molar-refractivity contribution is 5.09. The lowest BCUT2D eigenvalue weighted by Crippen LogP contribution is -2.01. The van der Waals surface area contributed by atoms with Gasteiger partial charge in [0.2, 0.25) is 0 Å². The monoisotopic (exact) mass is 289 g/mol. The first-order chi connectivity index (χ1) is 10.0. The zero-order valence-electron chi connectivity index (χ0n) is 13.8. The second kappa shape index (κ2) is 6.87. The van der Waals surface area contributed by atoms with Gasteiger partial charge in [-0.1, -0.05) is 34.6 Å². The molecule has 5 nitrogen and oxygen atoms in total. The minimum absolute atomic E-state index is 0.410. The fourth-order valence-electron chi connectivity index (χ4n) is 2.38. The van der Waals surface area contributed by atoms with Crippen molar-refractivity contribution in [2.24, 2.45) is 0 Å². The molecule has 0 spiro atoms. The second-order valence-electron chi connectivity index (χ2n) is 6.27. The lowest BCUT2D eigenvalue weighted by Gasteiger charge is -2.12. The number of hydrogen-bond donors (Lipinski definition) is 2. The summed E-state index contributed by atoms with van der Waals surface area (Å²) in [5.74, 6) is 4.40. The van der Waals surface area contributed by atoms with Gasteiger partial charge < -0.3 is 9.97 Å². The molecule has 0 aliphatic rings. The zero-order chi connectivity index (χ0) is 15.4. The van der Waals surface area contributed by atoms with Crippen molar-refractivity contribution in [3.8, 4) is 0 Å². The lowest BCUT2D eigenvalue weighted by atomic mass is 9.96. The molecular formula is C16H27N5. The van der Waals surface area contributed by atoms with Crippen LogP contribution >= 0.6 is 0 Å². The van der Waals surface area contributed by atoms with Gasteiger partial charge in [-0.25, -0.2) is 4.98 Å². The van der Waals surface area contributed by atoms with Gasteiger partial charge in [0.05, 0.1) is 0 Å². The Bertz CT molecular complexity index is 555. The molecule has 5 heteroatoms. The molecule has 2 unspecified atom stereocenters. The summed E-state index contributed by atoms with van der Waals surface area (Å²) in [7, 11) is 0. The number of aromatic nitrogens is 5. The van der Waals surface area contributed by atoms with Gasteiger partial charge in [0.15, 0.2) is 0 Å². The molecule has 2 heterocycles. The molecule has 116 valence electrons. The molecule has 0 saturated heterocycles. The Labute approximate surface area is 127 Å². The minimum atomic E-state index is 0.410. The summed E-state index contributed by atoms with van der Waals surface area (Å²) in [6.45, 7) is 10.9. The summed E-state index contributed by atoms with van der Waals surface area (Å²) < 4.78 is 0. The van der Waals surface area contributed by atoms with E-state index in [-0.39, 0.29) is 0 Å². The van der Waals surface area contributed by atoms with Gasteiger partial charge in [-0.3, -0.25) is 0 Å². The third-order valence-corrected chi connectivity index (χ3v) is 4.08. The maximum atomic E-state index is 4.45. The predicted octanol–water partition coefficient (Wildman–Crippen LogP) is 3.90. The first-order valence-corrected chi connectivity index (χ1v) is 7.97. The number of rotatable bonds is 7. The zero-order valence-corrected chi connectivity index (χ0v) is 13.8. The summed E-state index contributed by atoms with van der Waals surface area (Å²) in [6, 6.07) is 0. The Morgan fingerprint density at radius 1 is 0.952 bits per heavy atom. The summed E-state index contributed by atoms with van der Waals surface area (Å²) >= 11 is 0. The molecular weight excluding hydrogens is 262 g/mol. The quantitative estimate of drug-likeness (QED) is 0.812. The third kappa shape index (κ3) is 3.93. The van der Waals surface area contributed by atoms with Crippen LogP contribution in [-0.4, -0.2) is 25.1 Å². The first-order valence-electron chi connectivity index (χ1n) is 7.97. The van der Waals surface area contributed by atoms with Gasteiger partial charge in [-0.05, 0) is 18.8 Å². The fourth-order valence-corrected chi connectivity index (χ4v) is 2.38. The Morgan fingerprint density at radius 2 is 1.67 bits per heavy atom. The first kappa shape index (κ1) is 15.7. The average molecular weight is 289 g/mol. The summed E-state index contributed by atoms with van der Waals surface area (Å²) in [5.41, 5.74) is 1.23. The highest BCUT2D eigenvalue weighted by Crippen LogP contribution is 2.26. The van der Waals surface area contributed by atoms with Crippen molar-refractivity contribution in [3.05, 3.63) is 29.4 Å². The van der Waals surface area contributed by atoms with Crippen LogP contribution in [0.3, 0.4) is 0 Å². The lowest BCUT2D eigenvalue weighted by molar-refractivity contribution is 0.549. The van der Waals surface area contributed by atoms with Crippen molar-refractivity contribution in [3.63, 3.8) is 0 Å². The molecule has 0 fully saturated rings. The van der Waals surface area contributed by atoms with Gasteiger partial charge >= 0.3 is 0 Å². The van der Waals surface area contributed by atoms with Gasteiger partial charge in [0, 0.05) is 30.1 Å². The van der Waals surface area contributed by atoms with Crippen molar-refractivity contribution in [1.82, 2.24) is 25.1 Å². The topological polar surface area (TPSA) is 70.2 Å². The molecule has 2 aromatic rings.